The summed E-state index contributed by atoms with van der Waals surface area (Å²) in [7, 11) is -4.09. The largest absolute Gasteiger partial charge is 0.383 e. The molecule has 3 N–H and O–H groups in total. The number of hydrogen-bond donors (Lipinski definition) is 3. The molecule has 1 atom stereocenters. The summed E-state index contributed by atoms with van der Waals surface area (Å²) in [6, 6.07) is 3.44. The summed E-state index contributed by atoms with van der Waals surface area (Å²) < 4.78 is 27.3. The summed E-state index contributed by atoms with van der Waals surface area (Å²) >= 11 is 0.844. The maximum atomic E-state index is 12.7. The molecule has 30 heavy (non-hydrogen) atoms. The molecule has 1 aromatic heterocycles. The number of sulfonamides is 1. The first-order valence-corrected chi connectivity index (χ1v) is 12.5. The number of nitrogens with one attached hydrogen (secondary N) is 2. The van der Waals surface area contributed by atoms with Crippen LogP contribution in [-0.4, -0.2) is 24.5 Å². The van der Waals surface area contributed by atoms with Gasteiger partial charge in [0.15, 0.2) is 4.21 Å². The Hall–Kier alpha value is -1.97. The van der Waals surface area contributed by atoms with E-state index in [-0.39, 0.29) is 9.22 Å². The second-order valence-corrected chi connectivity index (χ2v) is 11.7. The number of benzene rings is 1. The highest BCUT2D eigenvalue weighted by molar-refractivity contribution is 7.92. The lowest BCUT2D eigenvalue weighted by Crippen LogP contribution is -2.34. The van der Waals surface area contributed by atoms with E-state index >= 15 is 0 Å². The van der Waals surface area contributed by atoms with Crippen molar-refractivity contribution in [2.45, 2.75) is 68.6 Å². The van der Waals surface area contributed by atoms with E-state index in [1.807, 2.05) is 0 Å². The van der Waals surface area contributed by atoms with Gasteiger partial charge in [-0.3, -0.25) is 0 Å². The molecule has 0 spiro atoms. The van der Waals surface area contributed by atoms with Crippen LogP contribution in [0.3, 0.4) is 0 Å². The minimum atomic E-state index is -4.09. The normalized spacial score (nSPS) is 17.5. The van der Waals surface area contributed by atoms with E-state index < -0.39 is 21.7 Å². The number of carbonyl (C=O) groups is 1. The molecule has 1 heterocycles. The first-order valence-electron chi connectivity index (χ1n) is 10.2. The van der Waals surface area contributed by atoms with E-state index in [1.165, 1.54) is 32.3 Å². The zero-order chi connectivity index (χ0) is 21.7. The zero-order valence-corrected chi connectivity index (χ0v) is 19.0. The number of fused-ring (bicyclic) bond motifs is 1. The van der Waals surface area contributed by atoms with Gasteiger partial charge in [-0.05, 0) is 74.5 Å². The molecule has 0 aliphatic heterocycles. The molecule has 0 unspecified atom stereocenters. The molecule has 1 aromatic carbocycles. The quantitative estimate of drug-likeness (QED) is 0.620. The van der Waals surface area contributed by atoms with Gasteiger partial charge in [-0.15, -0.1) is 11.3 Å². The third-order valence-corrected chi connectivity index (χ3v) is 8.98. The molecule has 0 radical (unpaired) electrons. The van der Waals surface area contributed by atoms with Gasteiger partial charge in [-0.2, -0.15) is 0 Å². The average Bonchev–Trinajstić information content (AvgIpc) is 3.16. The zero-order valence-electron chi connectivity index (χ0n) is 17.4. The van der Waals surface area contributed by atoms with Gasteiger partial charge in [0.2, 0.25) is 0 Å². The van der Waals surface area contributed by atoms with Crippen molar-refractivity contribution in [1.29, 1.82) is 0 Å². The van der Waals surface area contributed by atoms with Crippen LogP contribution in [0.1, 0.15) is 67.6 Å². The number of amides is 2. The van der Waals surface area contributed by atoms with Gasteiger partial charge >= 0.3 is 6.03 Å². The lowest BCUT2D eigenvalue weighted by atomic mass is 9.91. The Morgan fingerprint density at radius 3 is 2.67 bits per heavy atom. The summed E-state index contributed by atoms with van der Waals surface area (Å²) in [4.78, 5) is 16.7. The Morgan fingerprint density at radius 1 is 1.30 bits per heavy atom. The molecule has 4 rings (SSSR count). The number of rotatable bonds is 6. The summed E-state index contributed by atoms with van der Waals surface area (Å²) in [5.74, 6) is 0.938. The molecule has 0 bridgehead atoms. The summed E-state index contributed by atoms with van der Waals surface area (Å²) in [5.41, 5.74) is 2.93. The molecule has 9 heteroatoms. The van der Waals surface area contributed by atoms with Crippen molar-refractivity contribution in [3.05, 3.63) is 40.0 Å². The highest BCUT2D eigenvalue weighted by Crippen LogP contribution is 2.46. The maximum Gasteiger partial charge on any atom is 0.333 e. The van der Waals surface area contributed by atoms with Gasteiger partial charge < -0.3 is 10.4 Å². The first-order chi connectivity index (χ1) is 14.1. The molecule has 2 aliphatic carbocycles. The van der Waals surface area contributed by atoms with Crippen molar-refractivity contribution in [2.75, 3.05) is 5.32 Å². The van der Waals surface area contributed by atoms with Gasteiger partial charge in [0, 0.05) is 5.69 Å². The lowest BCUT2D eigenvalue weighted by molar-refractivity contribution is 0.0783. The number of thiazole rings is 1. The van der Waals surface area contributed by atoms with Gasteiger partial charge in [0.05, 0.1) is 6.20 Å². The van der Waals surface area contributed by atoms with E-state index in [1.54, 1.807) is 0 Å². The fraction of sp³-hybridized carbons (Fsp3) is 0.524. The Morgan fingerprint density at radius 2 is 2.03 bits per heavy atom. The predicted octanol–water partition coefficient (Wildman–Crippen LogP) is 3.88. The number of aliphatic hydroxyl groups is 1. The second kappa shape index (κ2) is 7.62. The molecule has 2 aliphatic rings. The average molecular weight is 450 g/mol. The topological polar surface area (TPSA) is 108 Å². The molecule has 1 fully saturated rings. The van der Waals surface area contributed by atoms with Crippen LogP contribution >= 0.6 is 11.3 Å². The molecule has 162 valence electrons. The SMILES string of the molecule is C[C@H](c1ccc2c(c1NC(=O)NS(=O)(=O)c1cnc(C(C)(C)O)s1)CCC2)C1CC1. The number of anilines is 1. The summed E-state index contributed by atoms with van der Waals surface area (Å²) in [5, 5.41) is 13.1. The van der Waals surface area contributed by atoms with Crippen LogP contribution in [0.4, 0.5) is 10.5 Å². The molecule has 2 aromatic rings. The van der Waals surface area contributed by atoms with Crippen molar-refractivity contribution in [3.63, 3.8) is 0 Å². The Labute approximate surface area is 181 Å². The highest BCUT2D eigenvalue weighted by Gasteiger charge is 2.33. The summed E-state index contributed by atoms with van der Waals surface area (Å²) in [6.07, 6.45) is 6.43. The summed E-state index contributed by atoms with van der Waals surface area (Å²) in [6.45, 7) is 5.23. The Kier molecular flexibility index (Phi) is 5.40. The third kappa shape index (κ3) is 4.24. The fourth-order valence-electron chi connectivity index (χ4n) is 4.04. The molecule has 1 saturated carbocycles. The third-order valence-electron chi connectivity index (χ3n) is 5.87. The Bertz CT molecular complexity index is 1080. The number of urea groups is 1. The van der Waals surface area contributed by atoms with Crippen molar-refractivity contribution in [2.24, 2.45) is 5.92 Å². The number of aryl methyl sites for hydroxylation is 1. The number of nitrogens with zero attached hydrogens (tertiary/aromatic N) is 1. The van der Waals surface area contributed by atoms with E-state index in [4.69, 9.17) is 0 Å². The van der Waals surface area contributed by atoms with Gasteiger partial charge in [-0.1, -0.05) is 19.1 Å². The highest BCUT2D eigenvalue weighted by atomic mass is 32.2. The van der Waals surface area contributed by atoms with Gasteiger partial charge in [0.1, 0.15) is 10.6 Å². The van der Waals surface area contributed by atoms with E-state index in [9.17, 15) is 18.3 Å². The Balaban J connectivity index is 1.57. The maximum absolute atomic E-state index is 12.7. The van der Waals surface area contributed by atoms with Crippen molar-refractivity contribution >= 4 is 33.1 Å². The minimum absolute atomic E-state index is 0.111. The van der Waals surface area contributed by atoms with E-state index in [2.05, 4.69) is 34.1 Å². The van der Waals surface area contributed by atoms with E-state index in [0.29, 0.717) is 11.8 Å². The number of hydrogen-bond acceptors (Lipinski definition) is 6. The first kappa shape index (κ1) is 21.3. The van der Waals surface area contributed by atoms with Crippen LogP contribution < -0.4 is 10.0 Å². The van der Waals surface area contributed by atoms with Crippen LogP contribution in [0.2, 0.25) is 0 Å². The van der Waals surface area contributed by atoms with Crippen molar-refractivity contribution < 1.29 is 18.3 Å². The molecular weight excluding hydrogens is 422 g/mol. The van der Waals surface area contributed by atoms with Crippen LogP contribution in [0.25, 0.3) is 0 Å². The van der Waals surface area contributed by atoms with E-state index in [0.717, 1.165) is 53.6 Å². The van der Waals surface area contributed by atoms with Gasteiger partial charge in [-0.25, -0.2) is 22.9 Å². The van der Waals surface area contributed by atoms with Crippen LogP contribution in [0, 0.1) is 5.92 Å². The van der Waals surface area contributed by atoms with Gasteiger partial charge in [0.25, 0.3) is 10.0 Å². The molecule has 2 amide bonds. The lowest BCUT2D eigenvalue weighted by Gasteiger charge is -2.20. The predicted molar refractivity (Wildman–Crippen MR) is 116 cm³/mol. The van der Waals surface area contributed by atoms with Crippen LogP contribution in [0.15, 0.2) is 22.5 Å². The van der Waals surface area contributed by atoms with Crippen molar-refractivity contribution in [1.82, 2.24) is 9.71 Å². The van der Waals surface area contributed by atoms with Crippen LogP contribution in [0.5, 0.6) is 0 Å². The van der Waals surface area contributed by atoms with Crippen LogP contribution in [-0.2, 0) is 28.5 Å². The molecule has 0 saturated heterocycles. The minimum Gasteiger partial charge on any atom is -0.383 e. The fourth-order valence-corrected chi connectivity index (χ4v) is 6.08. The molecular formula is C21H27N3O4S2. The standard InChI is InChI=1S/C21H27N3O4S2/c1-12(13-7-8-13)15-10-9-14-5-4-6-16(14)18(15)23-20(25)24-30(27,28)17-11-22-19(29-17)21(2,3)26/h9-13,26H,4-8H2,1-3H3,(H2,23,24,25)/t12-/m0/s1. The van der Waals surface area contributed by atoms with Crippen molar-refractivity contribution in [3.8, 4) is 0 Å². The number of aromatic nitrogens is 1. The number of carbonyl (C=O) groups excluding carboxylic acids is 1. The monoisotopic (exact) mass is 449 g/mol. The second-order valence-electron chi connectivity index (χ2n) is 8.75. The molecule has 7 nitrogen and oxygen atoms in total. The smallest absolute Gasteiger partial charge is 0.333 e.